The molecule has 5 nitrogen and oxygen atoms in total. The molecule has 0 amide bonds. The van der Waals surface area contributed by atoms with Crippen molar-refractivity contribution in [3.63, 3.8) is 0 Å². The van der Waals surface area contributed by atoms with E-state index in [-0.39, 0.29) is 0 Å². The van der Waals surface area contributed by atoms with E-state index in [0.29, 0.717) is 5.92 Å². The Kier molecular flexibility index (Phi) is 3.53. The van der Waals surface area contributed by atoms with Gasteiger partial charge in [-0.15, -0.1) is 0 Å². The molecule has 24 heavy (non-hydrogen) atoms. The van der Waals surface area contributed by atoms with Crippen molar-refractivity contribution in [2.75, 3.05) is 25.5 Å². The molecular weight excluding hydrogens is 298 g/mol. The number of fused-ring (bicyclic) bond motifs is 2. The average Bonchev–Trinajstić information content (AvgIpc) is 2.98. The van der Waals surface area contributed by atoms with E-state index in [1.54, 1.807) is 0 Å². The van der Waals surface area contributed by atoms with Gasteiger partial charge in [-0.2, -0.15) is 0 Å². The second-order valence-electron chi connectivity index (χ2n) is 6.85. The molecule has 4 rings (SSSR count). The van der Waals surface area contributed by atoms with Crippen LogP contribution in [0.5, 0.6) is 0 Å². The monoisotopic (exact) mass is 321 g/mol. The van der Waals surface area contributed by atoms with Crippen molar-refractivity contribution in [2.24, 2.45) is 0 Å². The van der Waals surface area contributed by atoms with Crippen molar-refractivity contribution >= 4 is 16.9 Å². The van der Waals surface area contributed by atoms with Crippen molar-refractivity contribution < 1.29 is 0 Å². The highest BCUT2D eigenvalue weighted by Crippen LogP contribution is 2.32. The number of nitrogens with one attached hydrogen (secondary N) is 2. The number of anilines is 1. The number of benzene rings is 1. The van der Waals surface area contributed by atoms with Gasteiger partial charge in [-0.25, -0.2) is 9.97 Å². The van der Waals surface area contributed by atoms with Crippen molar-refractivity contribution in [1.82, 2.24) is 20.3 Å². The van der Waals surface area contributed by atoms with Crippen LogP contribution in [0.4, 0.5) is 5.82 Å². The standard InChI is InChI=1S/C19H23N5/c1-11-9-20-10-13-8-16(22-17(11)13)14-6-5-7-15-18(14)23-19(24(3)4)12(2)21-15/h5-8,11,20,22H,9-10H2,1-4H3. The second kappa shape index (κ2) is 5.60. The molecule has 0 fully saturated rings. The third-order valence-electron chi connectivity index (χ3n) is 4.75. The topological polar surface area (TPSA) is 56.8 Å². The van der Waals surface area contributed by atoms with Gasteiger partial charge in [0.2, 0.25) is 0 Å². The van der Waals surface area contributed by atoms with Gasteiger partial charge in [0.05, 0.1) is 11.2 Å². The van der Waals surface area contributed by atoms with Crippen LogP contribution >= 0.6 is 0 Å². The fraction of sp³-hybridized carbons (Fsp3) is 0.368. The van der Waals surface area contributed by atoms with E-state index in [9.17, 15) is 0 Å². The number of rotatable bonds is 2. The van der Waals surface area contributed by atoms with Crippen molar-refractivity contribution in [2.45, 2.75) is 26.3 Å². The Balaban J connectivity index is 1.92. The Hall–Kier alpha value is -2.40. The summed E-state index contributed by atoms with van der Waals surface area (Å²) in [6.45, 7) is 6.21. The van der Waals surface area contributed by atoms with Gasteiger partial charge in [0.1, 0.15) is 11.3 Å². The minimum absolute atomic E-state index is 0.503. The first-order valence-corrected chi connectivity index (χ1v) is 8.42. The highest BCUT2D eigenvalue weighted by Gasteiger charge is 2.20. The summed E-state index contributed by atoms with van der Waals surface area (Å²) in [4.78, 5) is 15.3. The van der Waals surface area contributed by atoms with Gasteiger partial charge in [0, 0.05) is 50.1 Å². The predicted molar refractivity (Wildman–Crippen MR) is 98.5 cm³/mol. The molecule has 0 bridgehead atoms. The number of H-pyrrole nitrogens is 1. The Bertz CT molecular complexity index is 910. The van der Waals surface area contributed by atoms with E-state index < -0.39 is 0 Å². The van der Waals surface area contributed by atoms with Crippen LogP contribution in [0.3, 0.4) is 0 Å². The van der Waals surface area contributed by atoms with Crippen LogP contribution in [-0.2, 0) is 6.54 Å². The van der Waals surface area contributed by atoms with Gasteiger partial charge < -0.3 is 15.2 Å². The summed E-state index contributed by atoms with van der Waals surface area (Å²) in [6, 6.07) is 8.47. The van der Waals surface area contributed by atoms with Crippen molar-refractivity contribution in [3.05, 3.63) is 41.2 Å². The first-order valence-electron chi connectivity index (χ1n) is 8.42. The second-order valence-corrected chi connectivity index (χ2v) is 6.85. The van der Waals surface area contributed by atoms with E-state index in [2.05, 4.69) is 35.4 Å². The van der Waals surface area contributed by atoms with Crippen LogP contribution in [-0.4, -0.2) is 35.6 Å². The average molecular weight is 321 g/mol. The van der Waals surface area contributed by atoms with Crippen LogP contribution in [0, 0.1) is 6.92 Å². The van der Waals surface area contributed by atoms with Crippen LogP contribution in [0.1, 0.15) is 29.8 Å². The minimum Gasteiger partial charge on any atom is -0.361 e. The third-order valence-corrected chi connectivity index (χ3v) is 4.75. The number of aromatic nitrogens is 3. The summed E-state index contributed by atoms with van der Waals surface area (Å²) in [5, 5.41) is 3.47. The predicted octanol–water partition coefficient (Wildman–Crippen LogP) is 3.21. The maximum Gasteiger partial charge on any atom is 0.150 e. The van der Waals surface area contributed by atoms with Gasteiger partial charge in [-0.3, -0.25) is 0 Å². The molecule has 2 N–H and O–H groups in total. The molecule has 2 aromatic heterocycles. The van der Waals surface area contributed by atoms with Gasteiger partial charge in [0.25, 0.3) is 0 Å². The normalized spacial score (nSPS) is 17.1. The molecule has 3 aromatic rings. The molecule has 3 heterocycles. The first kappa shape index (κ1) is 15.1. The molecule has 0 saturated carbocycles. The lowest BCUT2D eigenvalue weighted by atomic mass is 10.0. The maximum atomic E-state index is 4.90. The summed E-state index contributed by atoms with van der Waals surface area (Å²) in [6.07, 6.45) is 0. The van der Waals surface area contributed by atoms with Crippen LogP contribution in [0.15, 0.2) is 24.3 Å². The Morgan fingerprint density at radius 3 is 2.79 bits per heavy atom. The lowest BCUT2D eigenvalue weighted by Gasteiger charge is -2.19. The Morgan fingerprint density at radius 2 is 2.04 bits per heavy atom. The van der Waals surface area contributed by atoms with E-state index in [4.69, 9.17) is 9.97 Å². The fourth-order valence-corrected chi connectivity index (χ4v) is 3.57. The van der Waals surface area contributed by atoms with Crippen LogP contribution in [0.25, 0.3) is 22.3 Å². The van der Waals surface area contributed by atoms with Crippen LogP contribution < -0.4 is 10.2 Å². The first-order chi connectivity index (χ1) is 11.5. The highest BCUT2D eigenvalue weighted by molar-refractivity contribution is 5.91. The maximum absolute atomic E-state index is 4.90. The molecule has 0 spiro atoms. The Morgan fingerprint density at radius 1 is 1.21 bits per heavy atom. The molecule has 1 atom stereocenters. The lowest BCUT2D eigenvalue weighted by Crippen LogP contribution is -2.25. The van der Waals surface area contributed by atoms with Gasteiger partial charge >= 0.3 is 0 Å². The molecule has 0 aliphatic carbocycles. The smallest absolute Gasteiger partial charge is 0.150 e. The highest BCUT2D eigenvalue weighted by atomic mass is 15.1. The zero-order valence-electron chi connectivity index (χ0n) is 14.6. The molecule has 0 saturated heterocycles. The van der Waals surface area contributed by atoms with Gasteiger partial charge in [-0.05, 0) is 24.6 Å². The molecule has 124 valence electrons. The number of aryl methyl sites for hydroxylation is 1. The van der Waals surface area contributed by atoms with E-state index in [1.165, 1.54) is 11.3 Å². The van der Waals surface area contributed by atoms with Gasteiger partial charge in [0.15, 0.2) is 0 Å². The van der Waals surface area contributed by atoms with E-state index >= 15 is 0 Å². The number of aromatic amines is 1. The van der Waals surface area contributed by atoms with E-state index in [0.717, 1.165) is 46.9 Å². The van der Waals surface area contributed by atoms with Crippen molar-refractivity contribution in [3.8, 4) is 11.3 Å². The molecule has 0 radical (unpaired) electrons. The molecule has 1 aromatic carbocycles. The number of hydrogen-bond donors (Lipinski definition) is 2. The third kappa shape index (κ3) is 2.36. The molecular formula is C19H23N5. The summed E-state index contributed by atoms with van der Waals surface area (Å²) in [7, 11) is 4.01. The quantitative estimate of drug-likeness (QED) is 0.761. The van der Waals surface area contributed by atoms with Crippen molar-refractivity contribution in [1.29, 1.82) is 0 Å². The number of hydrogen-bond acceptors (Lipinski definition) is 4. The Labute approximate surface area is 142 Å². The number of para-hydroxylation sites is 1. The molecule has 1 aliphatic rings. The zero-order valence-corrected chi connectivity index (χ0v) is 14.6. The lowest BCUT2D eigenvalue weighted by molar-refractivity contribution is 0.563. The molecule has 1 aliphatic heterocycles. The zero-order chi connectivity index (χ0) is 16.8. The molecule has 5 heteroatoms. The van der Waals surface area contributed by atoms with Crippen LogP contribution in [0.2, 0.25) is 0 Å². The summed E-state index contributed by atoms with van der Waals surface area (Å²) in [5.41, 5.74) is 7.78. The minimum atomic E-state index is 0.503. The largest absolute Gasteiger partial charge is 0.361 e. The summed E-state index contributed by atoms with van der Waals surface area (Å²) < 4.78 is 0. The van der Waals surface area contributed by atoms with Gasteiger partial charge in [-0.1, -0.05) is 19.1 Å². The fourth-order valence-electron chi connectivity index (χ4n) is 3.57. The number of nitrogens with zero attached hydrogens (tertiary/aromatic N) is 3. The SMILES string of the molecule is Cc1nc2cccc(-c3cc4c([nH]3)C(C)CNC4)c2nc1N(C)C. The summed E-state index contributed by atoms with van der Waals surface area (Å²) in [5.74, 6) is 1.42. The molecule has 1 unspecified atom stereocenters. The van der Waals surface area contributed by atoms with E-state index in [1.807, 2.05) is 32.0 Å². The summed E-state index contributed by atoms with van der Waals surface area (Å²) >= 11 is 0.